The van der Waals surface area contributed by atoms with Crippen molar-refractivity contribution in [3.05, 3.63) is 0 Å². The van der Waals surface area contributed by atoms with Crippen molar-refractivity contribution in [1.29, 1.82) is 0 Å². The highest BCUT2D eigenvalue weighted by Gasteiger charge is 2.18. The van der Waals surface area contributed by atoms with E-state index in [1.807, 2.05) is 35.2 Å². The number of likely N-dealkylation sites (N-methyl/N-ethyl adjacent to an activating group) is 5. The maximum atomic E-state index is 13.0. The summed E-state index contributed by atoms with van der Waals surface area (Å²) in [5, 5.41) is 15.2. The first kappa shape index (κ1) is 59.0. The second kappa shape index (κ2) is 38.5. The third kappa shape index (κ3) is 34.5. The van der Waals surface area contributed by atoms with E-state index >= 15 is 0 Å². The summed E-state index contributed by atoms with van der Waals surface area (Å²) in [7, 11) is 10.1. The molecule has 18 heteroatoms. The smallest absolute Gasteiger partial charge is 0.221 e. The van der Waals surface area contributed by atoms with E-state index in [1.54, 1.807) is 0 Å². The van der Waals surface area contributed by atoms with Gasteiger partial charge in [-0.1, -0.05) is 34.6 Å². The van der Waals surface area contributed by atoms with Crippen molar-refractivity contribution < 1.29 is 24.0 Å². The van der Waals surface area contributed by atoms with Gasteiger partial charge in [0.15, 0.2) is 0 Å². The number of nitrogens with one attached hydrogen (secondary N) is 5. The summed E-state index contributed by atoms with van der Waals surface area (Å²) in [6, 6.07) is 0. The molecule has 0 aliphatic heterocycles. The molecule has 62 heavy (non-hydrogen) atoms. The van der Waals surface area contributed by atoms with Crippen molar-refractivity contribution in [3.63, 3.8) is 0 Å². The van der Waals surface area contributed by atoms with E-state index in [9.17, 15) is 24.0 Å². The number of carbonyl (C=O) groups excluding carboxylic acids is 5. The largest absolute Gasteiger partial charge is 0.355 e. The van der Waals surface area contributed by atoms with Gasteiger partial charge in [0.25, 0.3) is 0 Å². The van der Waals surface area contributed by atoms with Gasteiger partial charge < -0.3 is 65.8 Å². The Labute approximate surface area is 377 Å². The summed E-state index contributed by atoms with van der Waals surface area (Å²) < 4.78 is 0. The van der Waals surface area contributed by atoms with Crippen molar-refractivity contribution in [2.24, 2.45) is 0 Å². The maximum Gasteiger partial charge on any atom is 0.221 e. The normalized spacial score (nSPS) is 11.8. The van der Waals surface area contributed by atoms with Crippen molar-refractivity contribution in [2.45, 2.75) is 66.7 Å². The minimum atomic E-state index is -0.0210. The number of rotatable bonds is 41. The Bertz CT molecular complexity index is 1050. The summed E-state index contributed by atoms with van der Waals surface area (Å²) >= 11 is 0. The van der Waals surface area contributed by atoms with Crippen LogP contribution in [0.3, 0.4) is 0 Å². The standard InChI is InChI=1S/C44H93N13O5/c1-11-50(6)31-21-45-40(58)16-26-55(27-17-41(59)46-22-32-51(7)12-2)36-38-57(30-20-44(62)49-25-35-54(10)15-5)39-37-56(28-18-42(60)47-23-33-52(8)13-3)29-19-43(61)48-24-34-53(9)14-4/h11-39H2,1-10H3,(H,45,58)(H,46,59)(H,47,60)(H,48,61)(H,49,62). The molecule has 0 rings (SSSR count). The van der Waals surface area contributed by atoms with Gasteiger partial charge in [-0.3, -0.25) is 24.0 Å². The van der Waals surface area contributed by atoms with E-state index in [0.717, 1.165) is 65.4 Å². The van der Waals surface area contributed by atoms with Gasteiger partial charge >= 0.3 is 0 Å². The molecule has 0 aliphatic carbocycles. The Kier molecular flexibility index (Phi) is 36.6. The number of hydrogen-bond donors (Lipinski definition) is 5. The second-order valence-corrected chi connectivity index (χ2v) is 16.5. The van der Waals surface area contributed by atoms with Gasteiger partial charge in [-0.05, 0) is 68.0 Å². The first-order valence-electron chi connectivity index (χ1n) is 23.6. The highest BCUT2D eigenvalue weighted by molar-refractivity contribution is 5.77. The molecule has 0 unspecified atom stereocenters. The lowest BCUT2D eigenvalue weighted by Gasteiger charge is -2.30. The highest BCUT2D eigenvalue weighted by atomic mass is 16.2. The summed E-state index contributed by atoms with van der Waals surface area (Å²) in [6.45, 7) is 26.7. The zero-order valence-corrected chi connectivity index (χ0v) is 41.1. The summed E-state index contributed by atoms with van der Waals surface area (Å²) in [6.07, 6.45) is 1.58. The molecule has 0 radical (unpaired) electrons. The van der Waals surface area contributed by atoms with Crippen LogP contribution in [-0.2, 0) is 24.0 Å². The van der Waals surface area contributed by atoms with E-state index in [0.29, 0.717) is 124 Å². The molecule has 0 heterocycles. The summed E-state index contributed by atoms with van der Waals surface area (Å²) in [5.74, 6) is -0.0982. The zero-order valence-electron chi connectivity index (χ0n) is 41.1. The fourth-order valence-corrected chi connectivity index (χ4v) is 6.03. The van der Waals surface area contributed by atoms with Crippen molar-refractivity contribution in [3.8, 4) is 0 Å². The predicted molar refractivity (Wildman–Crippen MR) is 253 cm³/mol. The summed E-state index contributed by atoms with van der Waals surface area (Å²) in [5.41, 5.74) is 0. The number of nitrogens with zero attached hydrogens (tertiary/aromatic N) is 8. The first-order chi connectivity index (χ1) is 29.6. The molecule has 0 bridgehead atoms. The molecule has 0 fully saturated rings. The SMILES string of the molecule is CCN(C)CCNC(=O)CCN(CCC(=O)NCCN(C)CC)CCN(CCC(=O)NCCN(C)CC)CCN(CCC(=O)NCCN(C)CC)CCC(=O)NCCN(C)CC. The van der Waals surface area contributed by atoms with E-state index in [2.05, 4.69) is 100 Å². The third-order valence-corrected chi connectivity index (χ3v) is 11.5. The van der Waals surface area contributed by atoms with E-state index < -0.39 is 0 Å². The quantitative estimate of drug-likeness (QED) is 0.0517. The summed E-state index contributed by atoms with van der Waals surface area (Å²) in [4.78, 5) is 81.9. The van der Waals surface area contributed by atoms with Gasteiger partial charge in [0.05, 0.1) is 0 Å². The maximum absolute atomic E-state index is 13.0. The minimum Gasteiger partial charge on any atom is -0.355 e. The van der Waals surface area contributed by atoms with Crippen molar-refractivity contribution >= 4 is 29.5 Å². The van der Waals surface area contributed by atoms with Gasteiger partial charge in [0.2, 0.25) is 29.5 Å². The Hall–Kier alpha value is -2.97. The van der Waals surface area contributed by atoms with Crippen LogP contribution in [0.5, 0.6) is 0 Å². The lowest BCUT2D eigenvalue weighted by molar-refractivity contribution is -0.123. The predicted octanol–water partition coefficient (Wildman–Crippen LogP) is -0.818. The average molecular weight is 884 g/mol. The van der Waals surface area contributed by atoms with Crippen molar-refractivity contribution in [2.75, 3.05) is 192 Å². The van der Waals surface area contributed by atoms with Crippen LogP contribution in [-0.4, -0.2) is 261 Å². The van der Waals surface area contributed by atoms with E-state index in [4.69, 9.17) is 0 Å². The molecule has 0 aromatic rings. The molecule has 0 spiro atoms. The fourth-order valence-electron chi connectivity index (χ4n) is 6.03. The van der Waals surface area contributed by atoms with Crippen LogP contribution in [0.1, 0.15) is 66.7 Å². The van der Waals surface area contributed by atoms with Gasteiger partial charge in [-0.25, -0.2) is 0 Å². The number of carbonyl (C=O) groups is 5. The molecule has 364 valence electrons. The molecule has 0 aromatic carbocycles. The molecular formula is C44H93N13O5. The van der Waals surface area contributed by atoms with Gasteiger partial charge in [0, 0.05) is 156 Å². The Morgan fingerprint density at radius 3 is 0.597 bits per heavy atom. The van der Waals surface area contributed by atoms with Gasteiger partial charge in [-0.2, -0.15) is 0 Å². The molecule has 5 amide bonds. The van der Waals surface area contributed by atoms with Crippen LogP contribution in [0.15, 0.2) is 0 Å². The zero-order chi connectivity index (χ0) is 46.5. The van der Waals surface area contributed by atoms with Crippen LogP contribution >= 0.6 is 0 Å². The van der Waals surface area contributed by atoms with Crippen molar-refractivity contribution in [1.82, 2.24) is 65.8 Å². The van der Waals surface area contributed by atoms with E-state index in [-0.39, 0.29) is 29.5 Å². The van der Waals surface area contributed by atoms with Crippen LogP contribution in [0.25, 0.3) is 0 Å². The lowest BCUT2D eigenvalue weighted by Crippen LogP contribution is -2.44. The minimum absolute atomic E-state index is 0.0141. The fraction of sp³-hybridized carbons (Fsp3) is 0.886. The Balaban J connectivity index is 5.98. The molecule has 0 aliphatic rings. The molecule has 0 aromatic heterocycles. The topological polar surface area (TPSA) is 171 Å². The molecule has 18 nitrogen and oxygen atoms in total. The highest BCUT2D eigenvalue weighted by Crippen LogP contribution is 2.03. The Morgan fingerprint density at radius 2 is 0.435 bits per heavy atom. The van der Waals surface area contributed by atoms with Crippen LogP contribution in [0.2, 0.25) is 0 Å². The monoisotopic (exact) mass is 884 g/mol. The molecule has 0 atom stereocenters. The molecule has 0 saturated carbocycles. The number of hydrogen-bond acceptors (Lipinski definition) is 13. The molecule has 5 N–H and O–H groups in total. The van der Waals surface area contributed by atoms with Gasteiger partial charge in [0.1, 0.15) is 0 Å². The van der Waals surface area contributed by atoms with Crippen LogP contribution in [0, 0.1) is 0 Å². The van der Waals surface area contributed by atoms with Crippen LogP contribution in [0.4, 0.5) is 0 Å². The molecular weight excluding hydrogens is 791 g/mol. The number of amides is 5. The lowest BCUT2D eigenvalue weighted by atomic mass is 10.2. The third-order valence-electron chi connectivity index (χ3n) is 11.5. The molecule has 0 saturated heterocycles. The first-order valence-corrected chi connectivity index (χ1v) is 23.6. The van der Waals surface area contributed by atoms with E-state index in [1.165, 1.54) is 0 Å². The second-order valence-electron chi connectivity index (χ2n) is 16.5. The Morgan fingerprint density at radius 1 is 0.274 bits per heavy atom. The van der Waals surface area contributed by atoms with Gasteiger partial charge in [-0.15, -0.1) is 0 Å². The average Bonchev–Trinajstić information content (AvgIpc) is 3.26. The van der Waals surface area contributed by atoms with Crippen LogP contribution < -0.4 is 26.6 Å².